The normalized spacial score (nSPS) is 10.5. The van der Waals surface area contributed by atoms with Gasteiger partial charge in [-0.15, -0.1) is 0 Å². The minimum Gasteiger partial charge on any atom is -0.435 e. The molecule has 0 saturated heterocycles. The highest BCUT2D eigenvalue weighted by atomic mass is 19.3. The van der Waals surface area contributed by atoms with Gasteiger partial charge >= 0.3 is 6.61 Å². The molecule has 0 amide bonds. The largest absolute Gasteiger partial charge is 0.435 e. The van der Waals surface area contributed by atoms with E-state index in [2.05, 4.69) is 4.74 Å². The van der Waals surface area contributed by atoms with Crippen molar-refractivity contribution in [3.05, 3.63) is 29.6 Å². The van der Waals surface area contributed by atoms with Crippen LogP contribution in [0.25, 0.3) is 0 Å². The first-order valence-corrected chi connectivity index (χ1v) is 4.32. The summed E-state index contributed by atoms with van der Waals surface area (Å²) in [5, 5.41) is 0. The zero-order valence-electron chi connectivity index (χ0n) is 7.97. The van der Waals surface area contributed by atoms with E-state index in [-0.39, 0.29) is 23.5 Å². The summed E-state index contributed by atoms with van der Waals surface area (Å²) >= 11 is 0. The second-order valence-electron chi connectivity index (χ2n) is 2.80. The van der Waals surface area contributed by atoms with E-state index in [0.29, 0.717) is 0 Å². The van der Waals surface area contributed by atoms with Crippen LogP contribution in [-0.2, 0) is 0 Å². The maximum absolute atomic E-state index is 13.2. The lowest BCUT2D eigenvalue weighted by Gasteiger charge is -2.06. The molecule has 1 aromatic rings. The summed E-state index contributed by atoms with van der Waals surface area (Å²) in [7, 11) is 0. The van der Waals surface area contributed by atoms with Gasteiger partial charge in [0, 0.05) is 12.5 Å². The Morgan fingerprint density at radius 2 is 2.13 bits per heavy atom. The quantitative estimate of drug-likeness (QED) is 0.726. The van der Waals surface area contributed by atoms with E-state index in [9.17, 15) is 18.0 Å². The molecular weight excluding hydrogens is 209 g/mol. The molecule has 0 bridgehead atoms. The van der Waals surface area contributed by atoms with Crippen molar-refractivity contribution in [1.29, 1.82) is 0 Å². The van der Waals surface area contributed by atoms with E-state index in [0.717, 1.165) is 18.2 Å². The molecule has 1 aromatic carbocycles. The number of hydrogen-bond acceptors (Lipinski definition) is 2. The summed E-state index contributed by atoms with van der Waals surface area (Å²) in [6.45, 7) is -1.41. The van der Waals surface area contributed by atoms with Crippen molar-refractivity contribution in [3.63, 3.8) is 0 Å². The molecule has 5 heteroatoms. The summed E-state index contributed by atoms with van der Waals surface area (Å²) < 4.78 is 40.7. The van der Waals surface area contributed by atoms with Crippen molar-refractivity contribution in [3.8, 4) is 5.75 Å². The van der Waals surface area contributed by atoms with Crippen molar-refractivity contribution in [2.24, 2.45) is 0 Å². The summed E-state index contributed by atoms with van der Waals surface area (Å²) in [6, 6.07) is 3.05. The molecular formula is C10H9F3O2. The number of alkyl halides is 2. The van der Waals surface area contributed by atoms with E-state index in [1.165, 1.54) is 0 Å². The lowest BCUT2D eigenvalue weighted by Crippen LogP contribution is -2.04. The van der Waals surface area contributed by atoms with Crippen molar-refractivity contribution < 1.29 is 22.7 Å². The number of ketones is 1. The average Bonchev–Trinajstić information content (AvgIpc) is 2.16. The van der Waals surface area contributed by atoms with Crippen LogP contribution in [0.5, 0.6) is 5.75 Å². The molecule has 0 unspecified atom stereocenters. The molecule has 1 rings (SSSR count). The van der Waals surface area contributed by atoms with Gasteiger partial charge in [0.25, 0.3) is 0 Å². The molecule has 0 fully saturated rings. The van der Waals surface area contributed by atoms with Crippen LogP contribution in [0.15, 0.2) is 18.2 Å². The second-order valence-corrected chi connectivity index (χ2v) is 2.80. The van der Waals surface area contributed by atoms with Crippen LogP contribution >= 0.6 is 0 Å². The third-order valence-electron chi connectivity index (χ3n) is 1.79. The van der Waals surface area contributed by atoms with Crippen LogP contribution in [0.1, 0.15) is 23.7 Å². The van der Waals surface area contributed by atoms with Crippen molar-refractivity contribution >= 4 is 5.78 Å². The molecule has 0 aromatic heterocycles. The SMILES string of the molecule is CCC(=O)c1ccc(OC(F)F)cc1F. The van der Waals surface area contributed by atoms with Crippen LogP contribution in [0.2, 0.25) is 0 Å². The lowest BCUT2D eigenvalue weighted by molar-refractivity contribution is -0.0499. The van der Waals surface area contributed by atoms with Gasteiger partial charge in [-0.25, -0.2) is 4.39 Å². The van der Waals surface area contributed by atoms with Gasteiger partial charge in [0.2, 0.25) is 0 Å². The molecule has 82 valence electrons. The number of rotatable bonds is 4. The summed E-state index contributed by atoms with van der Waals surface area (Å²) in [6.07, 6.45) is 0.159. The molecule has 0 spiro atoms. The molecule has 0 aliphatic carbocycles. The Morgan fingerprint density at radius 1 is 1.47 bits per heavy atom. The number of benzene rings is 1. The molecule has 15 heavy (non-hydrogen) atoms. The molecule has 0 aliphatic heterocycles. The third-order valence-corrected chi connectivity index (χ3v) is 1.79. The zero-order chi connectivity index (χ0) is 11.4. The van der Waals surface area contributed by atoms with Crippen molar-refractivity contribution in [1.82, 2.24) is 0 Å². The summed E-state index contributed by atoms with van der Waals surface area (Å²) in [4.78, 5) is 11.1. The molecule has 0 heterocycles. The zero-order valence-corrected chi connectivity index (χ0v) is 7.97. The van der Waals surface area contributed by atoms with E-state index in [4.69, 9.17) is 0 Å². The maximum Gasteiger partial charge on any atom is 0.387 e. The van der Waals surface area contributed by atoms with Crippen LogP contribution < -0.4 is 4.74 Å². The fraction of sp³-hybridized carbons (Fsp3) is 0.300. The highest BCUT2D eigenvalue weighted by Crippen LogP contribution is 2.19. The second kappa shape index (κ2) is 4.82. The standard InChI is InChI=1S/C10H9F3O2/c1-2-9(14)7-4-3-6(5-8(7)11)15-10(12)13/h3-5,10H,2H2,1H3. The Labute approximate surface area is 84.7 Å². The first kappa shape index (κ1) is 11.6. The van der Waals surface area contributed by atoms with Gasteiger partial charge in [-0.3, -0.25) is 4.79 Å². The van der Waals surface area contributed by atoms with Gasteiger partial charge in [0.15, 0.2) is 5.78 Å². The molecule has 2 nitrogen and oxygen atoms in total. The summed E-state index contributed by atoms with van der Waals surface area (Å²) in [5.41, 5.74) is -0.112. The predicted octanol–water partition coefficient (Wildman–Crippen LogP) is 3.02. The van der Waals surface area contributed by atoms with Crippen LogP contribution in [-0.4, -0.2) is 12.4 Å². The summed E-state index contributed by atoms with van der Waals surface area (Å²) in [5.74, 6) is -1.52. The van der Waals surface area contributed by atoms with Gasteiger partial charge in [0.05, 0.1) is 5.56 Å². The van der Waals surface area contributed by atoms with E-state index in [1.54, 1.807) is 6.92 Å². The molecule has 0 aliphatic rings. The van der Waals surface area contributed by atoms with Gasteiger partial charge in [0.1, 0.15) is 11.6 Å². The number of carbonyl (C=O) groups excluding carboxylic acids is 1. The van der Waals surface area contributed by atoms with Crippen molar-refractivity contribution in [2.75, 3.05) is 0 Å². The Morgan fingerprint density at radius 3 is 2.60 bits per heavy atom. The Hall–Kier alpha value is -1.52. The molecule has 0 N–H and O–H groups in total. The Kier molecular flexibility index (Phi) is 3.71. The highest BCUT2D eigenvalue weighted by molar-refractivity contribution is 5.96. The van der Waals surface area contributed by atoms with Gasteiger partial charge in [-0.05, 0) is 12.1 Å². The first-order valence-electron chi connectivity index (χ1n) is 4.32. The highest BCUT2D eigenvalue weighted by Gasteiger charge is 2.12. The number of halogens is 3. The number of ether oxygens (including phenoxy) is 1. The van der Waals surface area contributed by atoms with Crippen LogP contribution in [0, 0.1) is 5.82 Å². The lowest BCUT2D eigenvalue weighted by atomic mass is 10.1. The molecule has 0 radical (unpaired) electrons. The van der Waals surface area contributed by atoms with Gasteiger partial charge in [-0.2, -0.15) is 8.78 Å². The van der Waals surface area contributed by atoms with E-state index in [1.807, 2.05) is 0 Å². The van der Waals surface area contributed by atoms with Crippen molar-refractivity contribution in [2.45, 2.75) is 20.0 Å². The average molecular weight is 218 g/mol. The Bertz CT molecular complexity index is 364. The minimum atomic E-state index is -3.00. The molecule has 0 saturated carbocycles. The molecule has 0 atom stereocenters. The monoisotopic (exact) mass is 218 g/mol. The van der Waals surface area contributed by atoms with E-state index >= 15 is 0 Å². The third kappa shape index (κ3) is 2.97. The number of carbonyl (C=O) groups is 1. The first-order chi connectivity index (χ1) is 7.04. The predicted molar refractivity (Wildman–Crippen MR) is 47.7 cm³/mol. The number of Topliss-reactive ketones (excluding diaryl/α,β-unsaturated/α-hetero) is 1. The fourth-order valence-electron chi connectivity index (χ4n) is 1.09. The number of hydrogen-bond donors (Lipinski definition) is 0. The Balaban J connectivity index is 2.93. The van der Waals surface area contributed by atoms with E-state index < -0.39 is 12.4 Å². The fourth-order valence-corrected chi connectivity index (χ4v) is 1.09. The van der Waals surface area contributed by atoms with Gasteiger partial charge in [-0.1, -0.05) is 6.92 Å². The topological polar surface area (TPSA) is 26.3 Å². The van der Waals surface area contributed by atoms with Gasteiger partial charge < -0.3 is 4.74 Å². The maximum atomic E-state index is 13.2. The van der Waals surface area contributed by atoms with Crippen LogP contribution in [0.3, 0.4) is 0 Å². The minimum absolute atomic E-state index is 0.112. The van der Waals surface area contributed by atoms with Crippen LogP contribution in [0.4, 0.5) is 13.2 Å². The smallest absolute Gasteiger partial charge is 0.387 e.